The van der Waals surface area contributed by atoms with Gasteiger partial charge in [-0.25, -0.2) is 0 Å². The van der Waals surface area contributed by atoms with Crippen LogP contribution >= 0.6 is 11.6 Å². The summed E-state index contributed by atoms with van der Waals surface area (Å²) in [5, 5.41) is 7.83. The molecule has 2 rings (SSSR count). The van der Waals surface area contributed by atoms with E-state index in [9.17, 15) is 0 Å². The summed E-state index contributed by atoms with van der Waals surface area (Å²) in [7, 11) is 1.88. The largest absolute Gasteiger partial charge is 0.448 e. The standard InChI is InChI=1S/C11H14ClN3O/c1-3-15-8(6-7-14-15)11(13-2)9-4-5-10(12)16-9/h4-7,11,13H,3H2,1-2H3. The van der Waals surface area contributed by atoms with Gasteiger partial charge >= 0.3 is 0 Å². The Morgan fingerprint density at radius 3 is 2.88 bits per heavy atom. The fourth-order valence-corrected chi connectivity index (χ4v) is 1.92. The van der Waals surface area contributed by atoms with Gasteiger partial charge in [-0.15, -0.1) is 0 Å². The third-order valence-electron chi connectivity index (χ3n) is 2.51. The molecule has 0 aliphatic rings. The molecule has 0 bridgehead atoms. The Bertz CT molecular complexity index is 463. The van der Waals surface area contributed by atoms with E-state index in [0.29, 0.717) is 5.22 Å². The van der Waals surface area contributed by atoms with E-state index in [2.05, 4.69) is 17.3 Å². The van der Waals surface area contributed by atoms with E-state index < -0.39 is 0 Å². The Morgan fingerprint density at radius 1 is 1.50 bits per heavy atom. The summed E-state index contributed by atoms with van der Waals surface area (Å²) in [6, 6.07) is 5.57. The third kappa shape index (κ3) is 1.99. The molecule has 0 fully saturated rings. The predicted molar refractivity (Wildman–Crippen MR) is 62.5 cm³/mol. The maximum Gasteiger partial charge on any atom is 0.193 e. The van der Waals surface area contributed by atoms with Gasteiger partial charge in [-0.3, -0.25) is 4.68 Å². The summed E-state index contributed by atoms with van der Waals surface area (Å²) in [6.45, 7) is 2.88. The maximum absolute atomic E-state index is 5.78. The SMILES string of the molecule is CCn1nccc1C(NC)c1ccc(Cl)o1. The minimum atomic E-state index is -0.0186. The molecule has 1 N–H and O–H groups in total. The van der Waals surface area contributed by atoms with Crippen molar-refractivity contribution >= 4 is 11.6 Å². The first-order chi connectivity index (χ1) is 7.76. The molecule has 4 nitrogen and oxygen atoms in total. The maximum atomic E-state index is 5.78. The van der Waals surface area contributed by atoms with Crippen molar-refractivity contribution in [1.29, 1.82) is 0 Å². The summed E-state index contributed by atoms with van der Waals surface area (Å²) < 4.78 is 7.35. The fourth-order valence-electron chi connectivity index (χ4n) is 1.77. The van der Waals surface area contributed by atoms with Crippen molar-refractivity contribution in [2.75, 3.05) is 7.05 Å². The van der Waals surface area contributed by atoms with Gasteiger partial charge in [0, 0.05) is 12.7 Å². The highest BCUT2D eigenvalue weighted by Crippen LogP contribution is 2.25. The zero-order valence-electron chi connectivity index (χ0n) is 9.27. The highest BCUT2D eigenvalue weighted by atomic mass is 35.5. The highest BCUT2D eigenvalue weighted by molar-refractivity contribution is 6.28. The van der Waals surface area contributed by atoms with Crippen LogP contribution in [0, 0.1) is 0 Å². The van der Waals surface area contributed by atoms with Gasteiger partial charge in [-0.05, 0) is 43.8 Å². The van der Waals surface area contributed by atoms with E-state index in [1.807, 2.05) is 23.9 Å². The minimum absolute atomic E-state index is 0.0186. The van der Waals surface area contributed by atoms with Gasteiger partial charge in [0.25, 0.3) is 0 Å². The molecule has 5 heteroatoms. The van der Waals surface area contributed by atoms with E-state index in [0.717, 1.165) is 18.0 Å². The van der Waals surface area contributed by atoms with E-state index in [-0.39, 0.29) is 6.04 Å². The van der Waals surface area contributed by atoms with Crippen LogP contribution in [-0.4, -0.2) is 16.8 Å². The highest BCUT2D eigenvalue weighted by Gasteiger charge is 2.19. The van der Waals surface area contributed by atoms with Gasteiger partial charge < -0.3 is 9.73 Å². The van der Waals surface area contributed by atoms with E-state index in [4.69, 9.17) is 16.0 Å². The fraction of sp³-hybridized carbons (Fsp3) is 0.364. The monoisotopic (exact) mass is 239 g/mol. The lowest BCUT2D eigenvalue weighted by Crippen LogP contribution is -2.20. The third-order valence-corrected chi connectivity index (χ3v) is 2.72. The molecule has 1 unspecified atom stereocenters. The number of aromatic nitrogens is 2. The van der Waals surface area contributed by atoms with Gasteiger partial charge in [0.15, 0.2) is 5.22 Å². The second kappa shape index (κ2) is 4.72. The van der Waals surface area contributed by atoms with Crippen molar-refractivity contribution in [1.82, 2.24) is 15.1 Å². The normalized spacial score (nSPS) is 12.9. The Kier molecular flexibility index (Phi) is 3.31. The second-order valence-electron chi connectivity index (χ2n) is 3.44. The number of halogens is 1. The Hall–Kier alpha value is -1.26. The Labute approximate surface area is 99.2 Å². The van der Waals surface area contributed by atoms with Crippen LogP contribution in [0.15, 0.2) is 28.8 Å². The molecule has 0 amide bonds. The lowest BCUT2D eigenvalue weighted by Gasteiger charge is -2.14. The van der Waals surface area contributed by atoms with Crippen LogP contribution in [0.2, 0.25) is 5.22 Å². The zero-order valence-corrected chi connectivity index (χ0v) is 10.0. The van der Waals surface area contributed by atoms with Crippen LogP contribution in [0.4, 0.5) is 0 Å². The molecule has 0 saturated heterocycles. The Morgan fingerprint density at radius 2 is 2.31 bits per heavy atom. The molecular weight excluding hydrogens is 226 g/mol. The summed E-state index contributed by atoms with van der Waals surface area (Å²) in [4.78, 5) is 0. The molecule has 0 spiro atoms. The molecule has 1 atom stereocenters. The van der Waals surface area contributed by atoms with E-state index in [1.165, 1.54) is 0 Å². The zero-order chi connectivity index (χ0) is 11.5. The molecule has 2 aromatic heterocycles. The molecule has 16 heavy (non-hydrogen) atoms. The first kappa shape index (κ1) is 11.2. The molecule has 2 aromatic rings. The van der Waals surface area contributed by atoms with Gasteiger partial charge in [-0.1, -0.05) is 0 Å². The average molecular weight is 240 g/mol. The first-order valence-corrected chi connectivity index (χ1v) is 5.58. The van der Waals surface area contributed by atoms with E-state index >= 15 is 0 Å². The summed E-state index contributed by atoms with van der Waals surface area (Å²) in [6.07, 6.45) is 1.79. The van der Waals surface area contributed by atoms with Crippen LogP contribution in [0.1, 0.15) is 24.4 Å². The van der Waals surface area contributed by atoms with Gasteiger partial charge in [0.2, 0.25) is 0 Å². The number of rotatable bonds is 4. The summed E-state index contributed by atoms with van der Waals surface area (Å²) in [5.74, 6) is 0.794. The van der Waals surface area contributed by atoms with Crippen LogP contribution in [0.3, 0.4) is 0 Å². The number of aryl methyl sites for hydroxylation is 1. The molecule has 0 radical (unpaired) electrons. The Balaban J connectivity index is 2.36. The number of nitrogens with one attached hydrogen (secondary N) is 1. The molecule has 0 aromatic carbocycles. The quantitative estimate of drug-likeness (QED) is 0.891. The average Bonchev–Trinajstić information content (AvgIpc) is 2.89. The second-order valence-corrected chi connectivity index (χ2v) is 3.81. The number of nitrogens with zero attached hydrogens (tertiary/aromatic N) is 2. The number of hydrogen-bond acceptors (Lipinski definition) is 3. The predicted octanol–water partition coefficient (Wildman–Crippen LogP) is 2.46. The van der Waals surface area contributed by atoms with Gasteiger partial charge in [0.1, 0.15) is 11.8 Å². The molecular formula is C11H14ClN3O. The molecule has 2 heterocycles. The number of furan rings is 1. The molecule has 86 valence electrons. The van der Waals surface area contributed by atoms with Gasteiger partial charge in [0.05, 0.1) is 5.69 Å². The van der Waals surface area contributed by atoms with Crippen molar-refractivity contribution in [3.63, 3.8) is 0 Å². The smallest absolute Gasteiger partial charge is 0.193 e. The van der Waals surface area contributed by atoms with Crippen molar-refractivity contribution in [3.05, 3.63) is 41.1 Å². The number of hydrogen-bond donors (Lipinski definition) is 1. The summed E-state index contributed by atoms with van der Waals surface area (Å²) >= 11 is 5.78. The van der Waals surface area contributed by atoms with Crippen molar-refractivity contribution in [2.45, 2.75) is 19.5 Å². The molecule has 0 aliphatic carbocycles. The minimum Gasteiger partial charge on any atom is -0.448 e. The lowest BCUT2D eigenvalue weighted by molar-refractivity contribution is 0.445. The van der Waals surface area contributed by atoms with Crippen LogP contribution < -0.4 is 5.32 Å². The van der Waals surface area contributed by atoms with Crippen LogP contribution in [-0.2, 0) is 6.54 Å². The van der Waals surface area contributed by atoms with Crippen molar-refractivity contribution in [3.8, 4) is 0 Å². The van der Waals surface area contributed by atoms with E-state index in [1.54, 1.807) is 12.3 Å². The topological polar surface area (TPSA) is 43.0 Å². The molecule has 0 aliphatic heterocycles. The van der Waals surface area contributed by atoms with Crippen molar-refractivity contribution < 1.29 is 4.42 Å². The van der Waals surface area contributed by atoms with Crippen molar-refractivity contribution in [2.24, 2.45) is 0 Å². The lowest BCUT2D eigenvalue weighted by atomic mass is 10.1. The van der Waals surface area contributed by atoms with Crippen LogP contribution in [0.25, 0.3) is 0 Å². The van der Waals surface area contributed by atoms with Crippen LogP contribution in [0.5, 0.6) is 0 Å². The van der Waals surface area contributed by atoms with Gasteiger partial charge in [-0.2, -0.15) is 5.10 Å². The first-order valence-electron chi connectivity index (χ1n) is 5.20. The summed E-state index contributed by atoms with van der Waals surface area (Å²) in [5.41, 5.74) is 1.07. The molecule has 0 saturated carbocycles.